The second-order valence-corrected chi connectivity index (χ2v) is 4.25. The number of halogens is 1. The molecule has 0 aliphatic heterocycles. The molecule has 98 valence electrons. The Bertz CT molecular complexity index is 621. The minimum Gasteiger partial charge on any atom is -0.465 e. The molecule has 19 heavy (non-hydrogen) atoms. The van der Waals surface area contributed by atoms with Crippen LogP contribution in [0.25, 0.3) is 11.1 Å². The molecule has 0 saturated carbocycles. The maximum absolute atomic E-state index is 12.9. The van der Waals surface area contributed by atoms with Gasteiger partial charge in [0.1, 0.15) is 5.82 Å². The van der Waals surface area contributed by atoms with Crippen LogP contribution in [0.3, 0.4) is 0 Å². The summed E-state index contributed by atoms with van der Waals surface area (Å²) in [5.74, 6) is -0.784. The van der Waals surface area contributed by atoms with Gasteiger partial charge in [0.05, 0.1) is 12.7 Å². The quantitative estimate of drug-likeness (QED) is 0.665. The molecule has 0 saturated heterocycles. The van der Waals surface area contributed by atoms with Crippen LogP contribution in [0, 0.1) is 12.7 Å². The van der Waals surface area contributed by atoms with E-state index in [0.29, 0.717) is 11.3 Å². The lowest BCUT2D eigenvalue weighted by atomic mass is 9.98. The summed E-state index contributed by atoms with van der Waals surface area (Å²) in [6, 6.07) is 9.57. The van der Waals surface area contributed by atoms with E-state index in [1.807, 2.05) is 13.0 Å². The molecule has 4 heteroatoms. The summed E-state index contributed by atoms with van der Waals surface area (Å²) in [4.78, 5) is 11.7. The van der Waals surface area contributed by atoms with Crippen molar-refractivity contribution in [2.24, 2.45) is 0 Å². The SMILES string of the molecule is COC(=O)c1cc(-c2ccc(F)cc2)cc(C)c1N. The van der Waals surface area contributed by atoms with Crippen molar-refractivity contribution in [2.75, 3.05) is 12.8 Å². The molecule has 0 amide bonds. The molecular weight excluding hydrogens is 245 g/mol. The number of methoxy groups -OCH3 is 1. The number of rotatable bonds is 2. The first-order valence-electron chi connectivity index (χ1n) is 5.77. The van der Waals surface area contributed by atoms with E-state index in [4.69, 9.17) is 10.5 Å². The van der Waals surface area contributed by atoms with Crippen LogP contribution in [0.15, 0.2) is 36.4 Å². The molecule has 0 atom stereocenters. The number of esters is 1. The number of anilines is 1. The van der Waals surface area contributed by atoms with E-state index in [1.165, 1.54) is 19.2 Å². The minimum absolute atomic E-state index is 0.302. The first-order chi connectivity index (χ1) is 9.02. The summed E-state index contributed by atoms with van der Waals surface area (Å²) in [7, 11) is 1.31. The van der Waals surface area contributed by atoms with E-state index < -0.39 is 5.97 Å². The molecule has 0 aliphatic rings. The summed E-state index contributed by atoms with van der Waals surface area (Å²) < 4.78 is 17.6. The first kappa shape index (κ1) is 13.1. The van der Waals surface area contributed by atoms with Gasteiger partial charge in [0.2, 0.25) is 0 Å². The van der Waals surface area contributed by atoms with Gasteiger partial charge in [-0.25, -0.2) is 9.18 Å². The molecule has 0 spiro atoms. The fourth-order valence-electron chi connectivity index (χ4n) is 1.89. The number of carbonyl (C=O) groups excluding carboxylic acids is 1. The average molecular weight is 259 g/mol. The zero-order chi connectivity index (χ0) is 14.0. The van der Waals surface area contributed by atoms with E-state index in [9.17, 15) is 9.18 Å². The number of nitrogen functional groups attached to an aromatic ring is 1. The van der Waals surface area contributed by atoms with Crippen molar-refractivity contribution in [1.82, 2.24) is 0 Å². The Balaban J connectivity index is 2.56. The van der Waals surface area contributed by atoms with Crippen molar-refractivity contribution in [3.8, 4) is 11.1 Å². The summed E-state index contributed by atoms with van der Waals surface area (Å²) in [5.41, 5.74) is 8.98. The van der Waals surface area contributed by atoms with Gasteiger partial charge in [-0.2, -0.15) is 0 Å². The van der Waals surface area contributed by atoms with E-state index in [0.717, 1.165) is 16.7 Å². The maximum atomic E-state index is 12.9. The molecule has 2 N–H and O–H groups in total. The number of aryl methyl sites for hydroxylation is 1. The standard InChI is InChI=1S/C15H14FNO2/c1-9-7-11(10-3-5-12(16)6-4-10)8-13(14(9)17)15(18)19-2/h3-8H,17H2,1-2H3. The molecule has 0 fully saturated rings. The van der Waals surface area contributed by atoms with Crippen LogP contribution in [-0.4, -0.2) is 13.1 Å². The van der Waals surface area contributed by atoms with E-state index >= 15 is 0 Å². The summed E-state index contributed by atoms with van der Waals surface area (Å²) in [5, 5.41) is 0. The van der Waals surface area contributed by atoms with Gasteiger partial charge in [-0.05, 0) is 47.9 Å². The van der Waals surface area contributed by atoms with Gasteiger partial charge in [-0.15, -0.1) is 0 Å². The molecule has 2 aromatic carbocycles. The molecule has 0 heterocycles. The van der Waals surface area contributed by atoms with Crippen LogP contribution in [0.5, 0.6) is 0 Å². The Hall–Kier alpha value is -2.36. The van der Waals surface area contributed by atoms with Crippen LogP contribution in [0.2, 0.25) is 0 Å². The van der Waals surface area contributed by atoms with Gasteiger partial charge in [0.15, 0.2) is 0 Å². The third kappa shape index (κ3) is 2.57. The topological polar surface area (TPSA) is 52.3 Å². The predicted molar refractivity (Wildman–Crippen MR) is 72.3 cm³/mol. The molecule has 0 aromatic heterocycles. The van der Waals surface area contributed by atoms with Gasteiger partial charge in [-0.1, -0.05) is 12.1 Å². The maximum Gasteiger partial charge on any atom is 0.339 e. The van der Waals surface area contributed by atoms with E-state index in [2.05, 4.69) is 0 Å². The lowest BCUT2D eigenvalue weighted by Crippen LogP contribution is -2.07. The summed E-state index contributed by atoms with van der Waals surface area (Å²) in [6.07, 6.45) is 0. The smallest absolute Gasteiger partial charge is 0.339 e. The van der Waals surface area contributed by atoms with Crippen LogP contribution in [-0.2, 0) is 4.74 Å². The average Bonchev–Trinajstić information content (AvgIpc) is 2.41. The van der Waals surface area contributed by atoms with E-state index in [1.54, 1.807) is 18.2 Å². The highest BCUT2D eigenvalue weighted by Gasteiger charge is 2.14. The first-order valence-corrected chi connectivity index (χ1v) is 5.77. The molecule has 0 unspecified atom stereocenters. The third-order valence-electron chi connectivity index (χ3n) is 2.97. The zero-order valence-electron chi connectivity index (χ0n) is 10.7. The lowest BCUT2D eigenvalue weighted by Gasteiger charge is -2.10. The normalized spacial score (nSPS) is 10.3. The second kappa shape index (κ2) is 5.10. The van der Waals surface area contributed by atoms with Crippen molar-refractivity contribution in [3.63, 3.8) is 0 Å². The van der Waals surface area contributed by atoms with Crippen molar-refractivity contribution in [3.05, 3.63) is 53.3 Å². The fourth-order valence-corrected chi connectivity index (χ4v) is 1.89. The Kier molecular flexibility index (Phi) is 3.51. The van der Waals surface area contributed by atoms with Crippen molar-refractivity contribution in [2.45, 2.75) is 6.92 Å². The number of hydrogen-bond acceptors (Lipinski definition) is 3. The molecule has 0 bridgehead atoms. The van der Waals surface area contributed by atoms with Crippen molar-refractivity contribution >= 4 is 11.7 Å². The number of nitrogens with two attached hydrogens (primary N) is 1. The lowest BCUT2D eigenvalue weighted by molar-refractivity contribution is 0.0602. The van der Waals surface area contributed by atoms with Crippen molar-refractivity contribution < 1.29 is 13.9 Å². The molecule has 2 aromatic rings. The minimum atomic E-state index is -0.482. The molecule has 3 nitrogen and oxygen atoms in total. The van der Waals surface area contributed by atoms with E-state index in [-0.39, 0.29) is 5.82 Å². The number of benzene rings is 2. The van der Waals surface area contributed by atoms with Crippen LogP contribution < -0.4 is 5.73 Å². The second-order valence-electron chi connectivity index (χ2n) is 4.25. The van der Waals surface area contributed by atoms with Crippen molar-refractivity contribution in [1.29, 1.82) is 0 Å². The molecule has 0 radical (unpaired) electrons. The Morgan fingerprint density at radius 2 is 1.79 bits per heavy atom. The third-order valence-corrected chi connectivity index (χ3v) is 2.97. The summed E-state index contributed by atoms with van der Waals surface area (Å²) >= 11 is 0. The molecule has 0 aliphatic carbocycles. The summed E-state index contributed by atoms with van der Waals surface area (Å²) in [6.45, 7) is 1.81. The molecular formula is C15H14FNO2. The molecule has 2 rings (SSSR count). The Morgan fingerprint density at radius 1 is 1.16 bits per heavy atom. The Labute approximate surface area is 110 Å². The number of ether oxygens (including phenoxy) is 1. The van der Waals surface area contributed by atoms with Crippen LogP contribution in [0.1, 0.15) is 15.9 Å². The largest absolute Gasteiger partial charge is 0.465 e. The number of carbonyl (C=O) groups is 1. The van der Waals surface area contributed by atoms with Gasteiger partial charge in [0.25, 0.3) is 0 Å². The van der Waals surface area contributed by atoms with Crippen LogP contribution in [0.4, 0.5) is 10.1 Å². The van der Waals surface area contributed by atoms with Crippen LogP contribution >= 0.6 is 0 Å². The van der Waals surface area contributed by atoms with Gasteiger partial charge in [0, 0.05) is 5.69 Å². The highest BCUT2D eigenvalue weighted by atomic mass is 19.1. The monoisotopic (exact) mass is 259 g/mol. The highest BCUT2D eigenvalue weighted by Crippen LogP contribution is 2.27. The van der Waals surface area contributed by atoms with Gasteiger partial charge >= 0.3 is 5.97 Å². The van der Waals surface area contributed by atoms with Gasteiger partial charge in [-0.3, -0.25) is 0 Å². The number of hydrogen-bond donors (Lipinski definition) is 1. The highest BCUT2D eigenvalue weighted by molar-refractivity contribution is 5.97. The zero-order valence-corrected chi connectivity index (χ0v) is 10.7. The van der Waals surface area contributed by atoms with Gasteiger partial charge < -0.3 is 10.5 Å². The Morgan fingerprint density at radius 3 is 2.37 bits per heavy atom. The predicted octanol–water partition coefficient (Wildman–Crippen LogP) is 3.17. The fraction of sp³-hybridized carbons (Fsp3) is 0.133.